The lowest BCUT2D eigenvalue weighted by Gasteiger charge is -2.31. The quantitative estimate of drug-likeness (QED) is 0.612. The number of rotatable bonds is 6. The van der Waals surface area contributed by atoms with Crippen molar-refractivity contribution in [2.75, 3.05) is 32.5 Å². The molecule has 11 nitrogen and oxygen atoms in total. The number of aromatic nitrogens is 2. The molecule has 1 aromatic carbocycles. The molecule has 0 saturated carbocycles. The van der Waals surface area contributed by atoms with Crippen LogP contribution in [0.4, 0.5) is 11.6 Å². The van der Waals surface area contributed by atoms with E-state index in [0.29, 0.717) is 5.69 Å². The molecule has 0 fully saturated rings. The highest BCUT2D eigenvalue weighted by Gasteiger charge is 2.32. The number of anilines is 1. The molecule has 0 bridgehead atoms. The Kier molecular flexibility index (Phi) is 6.28. The standard InChI is InChI=1S/C18H17N4O7S/c1-27-16(23)14-10-29-11-22(15(14)17(24)28-2)12-4-6-13(7-5-12)30(25,26)21-18-19-8-3-9-20-18/h3-9H,10-11H2,1-2H3/q-1. The summed E-state index contributed by atoms with van der Waals surface area (Å²) in [5.41, 5.74) is 0.337. The van der Waals surface area contributed by atoms with Crippen molar-refractivity contribution in [3.05, 3.63) is 58.7 Å². The maximum Gasteiger partial charge on any atom is 0.355 e. The van der Waals surface area contributed by atoms with Crippen LogP contribution in [0.1, 0.15) is 0 Å². The first-order chi connectivity index (χ1) is 14.4. The Morgan fingerprint density at radius 2 is 1.70 bits per heavy atom. The van der Waals surface area contributed by atoms with Gasteiger partial charge in [-0.05, 0) is 36.7 Å². The van der Waals surface area contributed by atoms with E-state index in [1.165, 1.54) is 61.8 Å². The van der Waals surface area contributed by atoms with E-state index >= 15 is 0 Å². The lowest BCUT2D eigenvalue weighted by atomic mass is 10.1. The number of methoxy groups -OCH3 is 2. The fourth-order valence-corrected chi connectivity index (χ4v) is 3.54. The van der Waals surface area contributed by atoms with Gasteiger partial charge in [-0.1, -0.05) is 6.07 Å². The van der Waals surface area contributed by atoms with Gasteiger partial charge in [0.1, 0.15) is 12.4 Å². The average Bonchev–Trinajstić information content (AvgIpc) is 2.78. The van der Waals surface area contributed by atoms with Gasteiger partial charge in [-0.25, -0.2) is 18.0 Å². The van der Waals surface area contributed by atoms with Gasteiger partial charge >= 0.3 is 11.9 Å². The van der Waals surface area contributed by atoms with E-state index < -0.39 is 22.0 Å². The van der Waals surface area contributed by atoms with E-state index in [2.05, 4.69) is 14.7 Å². The number of esters is 2. The molecule has 2 heterocycles. The Balaban J connectivity index is 1.92. The van der Waals surface area contributed by atoms with Gasteiger partial charge < -0.3 is 29.1 Å². The Bertz CT molecular complexity index is 1070. The van der Waals surface area contributed by atoms with Crippen molar-refractivity contribution in [2.45, 2.75) is 4.90 Å². The molecule has 0 N–H and O–H groups in total. The number of hydrogen-bond acceptors (Lipinski definition) is 10. The van der Waals surface area contributed by atoms with Crippen LogP contribution in [0.5, 0.6) is 0 Å². The molecule has 0 atom stereocenters. The van der Waals surface area contributed by atoms with Crippen molar-refractivity contribution in [3.8, 4) is 0 Å². The molecule has 30 heavy (non-hydrogen) atoms. The van der Waals surface area contributed by atoms with Gasteiger partial charge in [0.15, 0.2) is 0 Å². The van der Waals surface area contributed by atoms with Crippen molar-refractivity contribution < 1.29 is 32.2 Å². The minimum absolute atomic E-state index is 0.0106. The van der Waals surface area contributed by atoms with Gasteiger partial charge in [-0.15, -0.1) is 0 Å². The third-order valence-corrected chi connectivity index (χ3v) is 5.30. The summed E-state index contributed by atoms with van der Waals surface area (Å²) < 4.78 is 43.4. The minimum Gasteiger partial charge on any atom is -0.466 e. The summed E-state index contributed by atoms with van der Waals surface area (Å²) in [6.45, 7) is -0.185. The Morgan fingerprint density at radius 1 is 1.07 bits per heavy atom. The smallest absolute Gasteiger partial charge is 0.355 e. The lowest BCUT2D eigenvalue weighted by molar-refractivity contribution is -0.140. The normalized spacial score (nSPS) is 14.3. The van der Waals surface area contributed by atoms with E-state index in [9.17, 15) is 18.0 Å². The van der Waals surface area contributed by atoms with Crippen LogP contribution in [0.25, 0.3) is 4.72 Å². The molecule has 0 spiro atoms. The number of sulfonamides is 1. The van der Waals surface area contributed by atoms with Crippen LogP contribution in [0, 0.1) is 0 Å². The molecule has 0 unspecified atom stereocenters. The molecule has 1 aromatic heterocycles. The van der Waals surface area contributed by atoms with Crippen LogP contribution in [0.2, 0.25) is 0 Å². The minimum atomic E-state index is -4.05. The molecular formula is C18H17N4O7S-. The van der Waals surface area contributed by atoms with Crippen LogP contribution < -0.4 is 4.90 Å². The molecule has 1 aliphatic rings. The average molecular weight is 433 g/mol. The molecule has 0 radical (unpaired) electrons. The summed E-state index contributed by atoms with van der Waals surface area (Å²) in [6, 6.07) is 7.04. The van der Waals surface area contributed by atoms with Crippen LogP contribution in [-0.2, 0) is 33.8 Å². The van der Waals surface area contributed by atoms with E-state index in [1.54, 1.807) is 0 Å². The highest BCUT2D eigenvalue weighted by Crippen LogP contribution is 2.29. The largest absolute Gasteiger partial charge is 0.466 e. The van der Waals surface area contributed by atoms with Crippen molar-refractivity contribution >= 4 is 33.6 Å². The lowest BCUT2D eigenvalue weighted by Crippen LogP contribution is -2.38. The summed E-state index contributed by atoms with van der Waals surface area (Å²) in [4.78, 5) is 33.2. The zero-order valence-electron chi connectivity index (χ0n) is 16.0. The number of carbonyl (C=O) groups excluding carboxylic acids is 2. The maximum atomic E-state index is 12.5. The molecular weight excluding hydrogens is 416 g/mol. The highest BCUT2D eigenvalue weighted by atomic mass is 32.2. The van der Waals surface area contributed by atoms with E-state index in [1.807, 2.05) is 0 Å². The van der Waals surface area contributed by atoms with Gasteiger partial charge in [0.05, 0.1) is 31.3 Å². The van der Waals surface area contributed by atoms with Crippen molar-refractivity contribution in [3.63, 3.8) is 0 Å². The maximum absolute atomic E-state index is 12.5. The van der Waals surface area contributed by atoms with Crippen molar-refractivity contribution in [1.82, 2.24) is 9.97 Å². The number of hydrogen-bond donors (Lipinski definition) is 0. The first-order valence-corrected chi connectivity index (χ1v) is 9.91. The van der Waals surface area contributed by atoms with Gasteiger partial charge in [-0.2, -0.15) is 0 Å². The Morgan fingerprint density at radius 3 is 2.30 bits per heavy atom. The number of nitrogens with zero attached hydrogens (tertiary/aromatic N) is 4. The Hall–Kier alpha value is -3.51. The first kappa shape index (κ1) is 21.2. The number of carbonyl (C=O) groups is 2. The predicted octanol–water partition coefficient (Wildman–Crippen LogP) is 1.26. The van der Waals surface area contributed by atoms with Gasteiger partial charge in [0.2, 0.25) is 10.0 Å². The van der Waals surface area contributed by atoms with Crippen LogP contribution in [0.3, 0.4) is 0 Å². The van der Waals surface area contributed by atoms with Gasteiger partial charge in [0.25, 0.3) is 0 Å². The summed E-state index contributed by atoms with van der Waals surface area (Å²) in [7, 11) is -1.69. The SMILES string of the molecule is COC(=O)C1=C(C(=O)OC)N(c2ccc(S(=O)(=O)[N-]c3ncccn3)cc2)COC1. The highest BCUT2D eigenvalue weighted by molar-refractivity contribution is 7.94. The van der Waals surface area contributed by atoms with E-state index in [0.717, 1.165) is 0 Å². The fraction of sp³-hybridized carbons (Fsp3) is 0.222. The molecule has 3 rings (SSSR count). The second-order valence-corrected chi connectivity index (χ2v) is 7.43. The van der Waals surface area contributed by atoms with Gasteiger partial charge in [0, 0.05) is 11.6 Å². The van der Waals surface area contributed by atoms with Crippen LogP contribution >= 0.6 is 0 Å². The second kappa shape index (κ2) is 8.88. The summed E-state index contributed by atoms with van der Waals surface area (Å²) in [5, 5.41) is 0. The third kappa shape index (κ3) is 4.39. The van der Waals surface area contributed by atoms with E-state index in [-0.39, 0.29) is 35.5 Å². The summed E-state index contributed by atoms with van der Waals surface area (Å²) in [5.74, 6) is -1.68. The molecule has 1 aliphatic heterocycles. The van der Waals surface area contributed by atoms with Gasteiger partial charge in [-0.3, -0.25) is 4.72 Å². The first-order valence-electron chi connectivity index (χ1n) is 8.47. The molecule has 12 heteroatoms. The van der Waals surface area contributed by atoms with Crippen LogP contribution in [0.15, 0.2) is 58.9 Å². The van der Waals surface area contributed by atoms with Crippen LogP contribution in [-0.4, -0.2) is 57.9 Å². The molecule has 0 aliphatic carbocycles. The Labute approximate surface area is 172 Å². The zero-order chi connectivity index (χ0) is 21.7. The summed E-state index contributed by atoms with van der Waals surface area (Å²) in [6.07, 6.45) is 2.75. The number of benzene rings is 1. The fourth-order valence-electron chi connectivity index (χ4n) is 2.64. The van der Waals surface area contributed by atoms with Crippen molar-refractivity contribution in [2.24, 2.45) is 0 Å². The molecule has 158 valence electrons. The number of ether oxygens (including phenoxy) is 3. The molecule has 0 amide bonds. The monoisotopic (exact) mass is 433 g/mol. The van der Waals surface area contributed by atoms with E-state index in [4.69, 9.17) is 14.2 Å². The second-order valence-electron chi connectivity index (χ2n) is 5.82. The summed E-state index contributed by atoms with van der Waals surface area (Å²) >= 11 is 0. The predicted molar refractivity (Wildman–Crippen MR) is 103 cm³/mol. The molecule has 2 aromatic rings. The van der Waals surface area contributed by atoms with Crippen molar-refractivity contribution in [1.29, 1.82) is 0 Å². The third-order valence-electron chi connectivity index (χ3n) is 4.03. The zero-order valence-corrected chi connectivity index (χ0v) is 16.8. The molecule has 0 saturated heterocycles. The topological polar surface area (TPSA) is 139 Å².